The molecule has 1 aromatic carbocycles. The van der Waals surface area contributed by atoms with Crippen molar-refractivity contribution in [2.24, 2.45) is 0 Å². The summed E-state index contributed by atoms with van der Waals surface area (Å²) in [5.74, 6) is 0.133. The summed E-state index contributed by atoms with van der Waals surface area (Å²) in [4.78, 5) is 11.9. The molecule has 2 rings (SSSR count). The van der Waals surface area contributed by atoms with Crippen molar-refractivity contribution in [3.05, 3.63) is 29.6 Å². The van der Waals surface area contributed by atoms with Gasteiger partial charge in [0.05, 0.1) is 12.9 Å². The van der Waals surface area contributed by atoms with E-state index in [2.05, 4.69) is 0 Å². The summed E-state index contributed by atoms with van der Waals surface area (Å²) in [6.45, 7) is 0. The summed E-state index contributed by atoms with van der Waals surface area (Å²) >= 11 is 1.70. The van der Waals surface area contributed by atoms with Crippen LogP contribution in [0.2, 0.25) is 0 Å². The first kappa shape index (κ1) is 13.4. The summed E-state index contributed by atoms with van der Waals surface area (Å²) in [5.41, 5.74) is 0.429. The molecule has 0 aromatic heterocycles. The van der Waals surface area contributed by atoms with Crippen molar-refractivity contribution in [3.63, 3.8) is 0 Å². The highest BCUT2D eigenvalue weighted by molar-refractivity contribution is 8.00. The number of ketones is 1. The Morgan fingerprint density at radius 2 is 2.17 bits per heavy atom. The van der Waals surface area contributed by atoms with E-state index in [4.69, 9.17) is 4.74 Å². The van der Waals surface area contributed by atoms with Gasteiger partial charge in [0.15, 0.2) is 17.3 Å². The van der Waals surface area contributed by atoms with Gasteiger partial charge in [-0.15, -0.1) is 0 Å². The molecule has 0 N–H and O–H groups in total. The Kier molecular flexibility index (Phi) is 4.64. The summed E-state index contributed by atoms with van der Waals surface area (Å²) in [7, 11) is 1.41. The molecule has 4 heteroatoms. The number of methoxy groups -OCH3 is 1. The molecule has 18 heavy (non-hydrogen) atoms. The van der Waals surface area contributed by atoms with Crippen LogP contribution in [0.15, 0.2) is 18.2 Å². The minimum Gasteiger partial charge on any atom is -0.494 e. The summed E-state index contributed by atoms with van der Waals surface area (Å²) in [6.07, 6.45) is 4.94. The van der Waals surface area contributed by atoms with Crippen molar-refractivity contribution in [1.29, 1.82) is 0 Å². The largest absolute Gasteiger partial charge is 0.494 e. The van der Waals surface area contributed by atoms with Crippen LogP contribution < -0.4 is 4.74 Å². The number of benzene rings is 1. The zero-order chi connectivity index (χ0) is 13.0. The molecular weight excluding hydrogens is 251 g/mol. The van der Waals surface area contributed by atoms with Crippen LogP contribution in [-0.2, 0) is 0 Å². The van der Waals surface area contributed by atoms with E-state index in [0.717, 1.165) is 0 Å². The summed E-state index contributed by atoms with van der Waals surface area (Å²) in [6, 6.07) is 4.39. The topological polar surface area (TPSA) is 26.3 Å². The predicted octanol–water partition coefficient (Wildman–Crippen LogP) is 3.69. The van der Waals surface area contributed by atoms with Crippen LogP contribution >= 0.6 is 11.8 Å². The Morgan fingerprint density at radius 3 is 2.78 bits per heavy atom. The minimum absolute atomic E-state index is 0.00606. The third-order valence-corrected chi connectivity index (χ3v) is 4.60. The second kappa shape index (κ2) is 6.23. The van der Waals surface area contributed by atoms with Crippen LogP contribution in [-0.4, -0.2) is 23.9 Å². The number of carbonyl (C=O) groups is 1. The molecule has 0 saturated heterocycles. The number of hydrogen-bond donors (Lipinski definition) is 0. The standard InChI is InChI=1S/C14H17FO2S/c1-17-14-7-6-10(8-12(14)15)13(16)9-18-11-4-2-3-5-11/h6-8,11H,2-5,9H2,1H3. The Balaban J connectivity index is 1.93. The van der Waals surface area contributed by atoms with Crippen molar-refractivity contribution in [2.45, 2.75) is 30.9 Å². The first-order chi connectivity index (χ1) is 8.70. The molecular formula is C14H17FO2S. The molecule has 1 aromatic rings. The first-order valence-corrected chi connectivity index (χ1v) is 7.24. The SMILES string of the molecule is COc1ccc(C(=O)CSC2CCCC2)cc1F. The van der Waals surface area contributed by atoms with E-state index in [1.807, 2.05) is 0 Å². The highest BCUT2D eigenvalue weighted by Gasteiger charge is 2.17. The van der Waals surface area contributed by atoms with E-state index < -0.39 is 5.82 Å². The highest BCUT2D eigenvalue weighted by Crippen LogP contribution is 2.30. The molecule has 1 aliphatic rings. The molecule has 1 aliphatic carbocycles. The highest BCUT2D eigenvalue weighted by atomic mass is 32.2. The zero-order valence-electron chi connectivity index (χ0n) is 10.4. The molecule has 0 unspecified atom stereocenters. The summed E-state index contributed by atoms with van der Waals surface area (Å²) in [5, 5.41) is 0.608. The molecule has 1 fully saturated rings. The maximum Gasteiger partial charge on any atom is 0.172 e. The van der Waals surface area contributed by atoms with Crippen LogP contribution in [0.3, 0.4) is 0 Å². The second-order valence-electron chi connectivity index (χ2n) is 4.49. The van der Waals surface area contributed by atoms with Crippen LogP contribution in [0, 0.1) is 5.82 Å². The number of hydrogen-bond acceptors (Lipinski definition) is 3. The number of ether oxygens (including phenoxy) is 1. The zero-order valence-corrected chi connectivity index (χ0v) is 11.3. The molecule has 0 aliphatic heterocycles. The van der Waals surface area contributed by atoms with Gasteiger partial charge in [0, 0.05) is 10.8 Å². The number of rotatable bonds is 5. The van der Waals surface area contributed by atoms with Crippen molar-refractivity contribution in [3.8, 4) is 5.75 Å². The van der Waals surface area contributed by atoms with Gasteiger partial charge in [0.25, 0.3) is 0 Å². The second-order valence-corrected chi connectivity index (χ2v) is 5.78. The Morgan fingerprint density at radius 1 is 1.44 bits per heavy atom. The predicted molar refractivity (Wildman–Crippen MR) is 72.0 cm³/mol. The number of halogens is 1. The van der Waals surface area contributed by atoms with Gasteiger partial charge in [0.2, 0.25) is 0 Å². The van der Waals surface area contributed by atoms with Gasteiger partial charge in [-0.25, -0.2) is 4.39 Å². The molecule has 2 nitrogen and oxygen atoms in total. The molecule has 98 valence electrons. The van der Waals surface area contributed by atoms with E-state index >= 15 is 0 Å². The lowest BCUT2D eigenvalue weighted by Crippen LogP contribution is -2.07. The molecule has 0 atom stereocenters. The van der Waals surface area contributed by atoms with Crippen LogP contribution in [0.4, 0.5) is 4.39 Å². The monoisotopic (exact) mass is 268 g/mol. The van der Waals surface area contributed by atoms with Gasteiger partial charge in [-0.1, -0.05) is 12.8 Å². The third-order valence-electron chi connectivity index (χ3n) is 3.23. The maximum absolute atomic E-state index is 13.5. The average molecular weight is 268 g/mol. The number of carbonyl (C=O) groups excluding carboxylic acids is 1. The van der Waals surface area contributed by atoms with E-state index in [1.54, 1.807) is 17.8 Å². The van der Waals surface area contributed by atoms with Crippen LogP contribution in [0.25, 0.3) is 0 Å². The third kappa shape index (κ3) is 3.25. The maximum atomic E-state index is 13.5. The molecule has 0 amide bonds. The van der Waals surface area contributed by atoms with Gasteiger partial charge in [-0.05, 0) is 31.0 Å². The van der Waals surface area contributed by atoms with E-state index in [-0.39, 0.29) is 11.5 Å². The Bertz CT molecular complexity index is 428. The van der Waals surface area contributed by atoms with Gasteiger partial charge in [-0.2, -0.15) is 11.8 Å². The van der Waals surface area contributed by atoms with E-state index in [0.29, 0.717) is 16.6 Å². The lowest BCUT2D eigenvalue weighted by atomic mass is 10.1. The molecule has 0 spiro atoms. The van der Waals surface area contributed by atoms with Crippen LogP contribution in [0.1, 0.15) is 36.0 Å². The van der Waals surface area contributed by atoms with Gasteiger partial charge >= 0.3 is 0 Å². The smallest absolute Gasteiger partial charge is 0.172 e. The lowest BCUT2D eigenvalue weighted by molar-refractivity contribution is 0.102. The van der Waals surface area contributed by atoms with Crippen molar-refractivity contribution < 1.29 is 13.9 Å². The fourth-order valence-electron chi connectivity index (χ4n) is 2.17. The Labute approximate surface area is 111 Å². The average Bonchev–Trinajstić information content (AvgIpc) is 2.89. The van der Waals surface area contributed by atoms with E-state index in [1.165, 1.54) is 44.9 Å². The van der Waals surface area contributed by atoms with Crippen molar-refractivity contribution >= 4 is 17.5 Å². The lowest BCUT2D eigenvalue weighted by Gasteiger charge is -2.08. The van der Waals surface area contributed by atoms with Gasteiger partial charge < -0.3 is 4.74 Å². The normalized spacial score (nSPS) is 15.9. The molecule has 1 saturated carbocycles. The fraction of sp³-hybridized carbons (Fsp3) is 0.500. The van der Waals surface area contributed by atoms with Gasteiger partial charge in [-0.3, -0.25) is 4.79 Å². The fourth-order valence-corrected chi connectivity index (χ4v) is 3.39. The quantitative estimate of drug-likeness (QED) is 0.762. The molecule has 0 radical (unpaired) electrons. The van der Waals surface area contributed by atoms with E-state index in [9.17, 15) is 9.18 Å². The van der Waals surface area contributed by atoms with Crippen LogP contribution in [0.5, 0.6) is 5.75 Å². The number of Topliss-reactive ketones (excluding diaryl/α,β-unsaturated/α-hetero) is 1. The first-order valence-electron chi connectivity index (χ1n) is 6.19. The molecule has 0 bridgehead atoms. The Hall–Kier alpha value is -1.03. The van der Waals surface area contributed by atoms with Crippen molar-refractivity contribution in [2.75, 3.05) is 12.9 Å². The minimum atomic E-state index is -0.478. The molecule has 0 heterocycles. The van der Waals surface area contributed by atoms with Gasteiger partial charge in [0.1, 0.15) is 0 Å². The van der Waals surface area contributed by atoms with Crippen molar-refractivity contribution in [1.82, 2.24) is 0 Å². The number of thioether (sulfide) groups is 1. The summed E-state index contributed by atoms with van der Waals surface area (Å²) < 4.78 is 18.3.